The van der Waals surface area contributed by atoms with Gasteiger partial charge in [0, 0.05) is 12.1 Å². The topological polar surface area (TPSA) is 49.8 Å². The summed E-state index contributed by atoms with van der Waals surface area (Å²) in [6.07, 6.45) is 7.00. The summed E-state index contributed by atoms with van der Waals surface area (Å²) in [7, 11) is 0. The van der Waals surface area contributed by atoms with Crippen LogP contribution in [0.4, 0.5) is 16.2 Å². The average molecular weight is 252 g/mol. The van der Waals surface area contributed by atoms with Gasteiger partial charge in [0.2, 0.25) is 5.95 Å². The molecule has 5 heteroatoms. The van der Waals surface area contributed by atoms with Crippen molar-refractivity contribution in [3.63, 3.8) is 0 Å². The smallest absolute Gasteiger partial charge is 0.224 e. The standard InChI is InChI=1S/C13H21FN4/c1-3-15-12-16-9-10(14)11(17-12)18-13(2)7-5-4-6-8-13/h9H,3-8H2,1-2H3,(H2,15,16,17,18). The summed E-state index contributed by atoms with van der Waals surface area (Å²) in [6.45, 7) is 4.82. The van der Waals surface area contributed by atoms with Crippen LogP contribution in [0.25, 0.3) is 0 Å². The second kappa shape index (κ2) is 5.50. The molecule has 2 N–H and O–H groups in total. The normalized spacial score (nSPS) is 18.4. The lowest BCUT2D eigenvalue weighted by Gasteiger charge is -2.35. The maximum Gasteiger partial charge on any atom is 0.224 e. The Hall–Kier alpha value is -1.39. The number of anilines is 2. The number of hydrogen-bond acceptors (Lipinski definition) is 4. The van der Waals surface area contributed by atoms with Crippen LogP contribution in [0.2, 0.25) is 0 Å². The molecule has 0 unspecified atom stereocenters. The summed E-state index contributed by atoms with van der Waals surface area (Å²) in [5.41, 5.74) is -0.0447. The van der Waals surface area contributed by atoms with Crippen molar-refractivity contribution in [1.29, 1.82) is 0 Å². The molecular formula is C13H21FN4. The molecule has 1 fully saturated rings. The number of halogens is 1. The summed E-state index contributed by atoms with van der Waals surface area (Å²) in [4.78, 5) is 8.10. The fourth-order valence-corrected chi connectivity index (χ4v) is 2.44. The van der Waals surface area contributed by atoms with E-state index in [0.717, 1.165) is 19.4 Å². The lowest BCUT2D eigenvalue weighted by Crippen LogP contribution is -2.37. The van der Waals surface area contributed by atoms with Gasteiger partial charge in [-0.2, -0.15) is 4.98 Å². The van der Waals surface area contributed by atoms with E-state index >= 15 is 0 Å². The van der Waals surface area contributed by atoms with E-state index in [1.54, 1.807) is 0 Å². The minimum Gasteiger partial charge on any atom is -0.362 e. The van der Waals surface area contributed by atoms with Crippen LogP contribution in [-0.2, 0) is 0 Å². The van der Waals surface area contributed by atoms with Gasteiger partial charge in [-0.15, -0.1) is 0 Å². The summed E-state index contributed by atoms with van der Waals surface area (Å²) in [5.74, 6) is 0.398. The summed E-state index contributed by atoms with van der Waals surface area (Å²) >= 11 is 0. The predicted molar refractivity (Wildman–Crippen MR) is 71.3 cm³/mol. The summed E-state index contributed by atoms with van der Waals surface area (Å²) in [6, 6.07) is 0. The maximum absolute atomic E-state index is 13.7. The Bertz CT molecular complexity index is 402. The van der Waals surface area contributed by atoms with Crippen LogP contribution in [0, 0.1) is 5.82 Å². The van der Waals surface area contributed by atoms with Crippen molar-refractivity contribution in [2.75, 3.05) is 17.2 Å². The van der Waals surface area contributed by atoms with E-state index in [-0.39, 0.29) is 11.4 Å². The van der Waals surface area contributed by atoms with Crippen molar-refractivity contribution in [2.24, 2.45) is 0 Å². The molecule has 1 aliphatic rings. The summed E-state index contributed by atoms with van der Waals surface area (Å²) < 4.78 is 13.7. The van der Waals surface area contributed by atoms with Crippen LogP contribution in [0.1, 0.15) is 46.0 Å². The molecular weight excluding hydrogens is 231 g/mol. The molecule has 1 aromatic heterocycles. The quantitative estimate of drug-likeness (QED) is 0.864. The molecule has 0 amide bonds. The second-order valence-electron chi connectivity index (χ2n) is 5.17. The molecule has 1 saturated carbocycles. The van der Waals surface area contributed by atoms with Gasteiger partial charge in [0.05, 0.1) is 6.20 Å². The fourth-order valence-electron chi connectivity index (χ4n) is 2.44. The lowest BCUT2D eigenvalue weighted by molar-refractivity contribution is 0.347. The Morgan fingerprint density at radius 2 is 2.06 bits per heavy atom. The third-order valence-electron chi connectivity index (χ3n) is 3.46. The van der Waals surface area contributed by atoms with Gasteiger partial charge in [0.1, 0.15) is 0 Å². The molecule has 0 spiro atoms. The molecule has 1 aromatic rings. The number of hydrogen-bond donors (Lipinski definition) is 2. The van der Waals surface area contributed by atoms with Crippen molar-refractivity contribution in [2.45, 2.75) is 51.5 Å². The largest absolute Gasteiger partial charge is 0.362 e. The molecule has 4 nitrogen and oxygen atoms in total. The maximum atomic E-state index is 13.7. The molecule has 0 aromatic carbocycles. The Kier molecular flexibility index (Phi) is 3.99. The van der Waals surface area contributed by atoms with Gasteiger partial charge in [0.15, 0.2) is 11.6 Å². The minimum atomic E-state index is -0.386. The Morgan fingerprint density at radius 3 is 2.72 bits per heavy atom. The van der Waals surface area contributed by atoms with Crippen LogP contribution in [0.15, 0.2) is 6.20 Å². The predicted octanol–water partition coefficient (Wildman–Crippen LogP) is 3.18. The zero-order valence-corrected chi connectivity index (χ0v) is 11.1. The fraction of sp³-hybridized carbons (Fsp3) is 0.692. The second-order valence-corrected chi connectivity index (χ2v) is 5.17. The van der Waals surface area contributed by atoms with E-state index in [2.05, 4.69) is 27.5 Å². The third kappa shape index (κ3) is 3.09. The average Bonchev–Trinajstić information content (AvgIpc) is 2.34. The first-order valence-corrected chi connectivity index (χ1v) is 6.67. The highest BCUT2D eigenvalue weighted by molar-refractivity contribution is 5.43. The first-order valence-electron chi connectivity index (χ1n) is 6.67. The third-order valence-corrected chi connectivity index (χ3v) is 3.46. The molecule has 100 valence electrons. The number of nitrogens with zero attached hydrogens (tertiary/aromatic N) is 2. The molecule has 0 atom stereocenters. The Labute approximate surface area is 107 Å². The van der Waals surface area contributed by atoms with Gasteiger partial charge in [-0.3, -0.25) is 0 Å². The van der Waals surface area contributed by atoms with E-state index < -0.39 is 0 Å². The van der Waals surface area contributed by atoms with Gasteiger partial charge < -0.3 is 10.6 Å². The molecule has 18 heavy (non-hydrogen) atoms. The molecule has 0 bridgehead atoms. The van der Waals surface area contributed by atoms with E-state index in [0.29, 0.717) is 11.8 Å². The molecule has 1 aliphatic carbocycles. The molecule has 0 radical (unpaired) electrons. The van der Waals surface area contributed by atoms with Crippen molar-refractivity contribution in [3.8, 4) is 0 Å². The SMILES string of the molecule is CCNc1ncc(F)c(NC2(C)CCCCC2)n1. The van der Waals surface area contributed by atoms with E-state index in [9.17, 15) is 4.39 Å². The van der Waals surface area contributed by atoms with Gasteiger partial charge in [-0.05, 0) is 26.7 Å². The van der Waals surface area contributed by atoms with Gasteiger partial charge in [-0.1, -0.05) is 19.3 Å². The van der Waals surface area contributed by atoms with Crippen molar-refractivity contribution < 1.29 is 4.39 Å². The van der Waals surface area contributed by atoms with Crippen LogP contribution < -0.4 is 10.6 Å². The zero-order chi connectivity index (χ0) is 13.0. The minimum absolute atomic E-state index is 0.0447. The van der Waals surface area contributed by atoms with E-state index in [1.807, 2.05) is 6.92 Å². The highest BCUT2D eigenvalue weighted by Crippen LogP contribution is 2.31. The molecule has 2 rings (SSSR count). The lowest BCUT2D eigenvalue weighted by atomic mass is 9.83. The first kappa shape index (κ1) is 13.1. The van der Waals surface area contributed by atoms with E-state index in [1.165, 1.54) is 25.5 Å². The van der Waals surface area contributed by atoms with Crippen LogP contribution in [-0.4, -0.2) is 22.1 Å². The van der Waals surface area contributed by atoms with Gasteiger partial charge >= 0.3 is 0 Å². The first-order chi connectivity index (χ1) is 8.63. The molecule has 0 saturated heterocycles. The van der Waals surface area contributed by atoms with Crippen molar-refractivity contribution in [3.05, 3.63) is 12.0 Å². The van der Waals surface area contributed by atoms with Gasteiger partial charge in [0.25, 0.3) is 0 Å². The molecule has 1 heterocycles. The van der Waals surface area contributed by atoms with Crippen LogP contribution in [0.5, 0.6) is 0 Å². The van der Waals surface area contributed by atoms with Crippen molar-refractivity contribution >= 4 is 11.8 Å². The number of nitrogens with one attached hydrogen (secondary N) is 2. The monoisotopic (exact) mass is 252 g/mol. The highest BCUT2D eigenvalue weighted by atomic mass is 19.1. The molecule has 0 aliphatic heterocycles. The van der Waals surface area contributed by atoms with Crippen LogP contribution in [0.3, 0.4) is 0 Å². The van der Waals surface area contributed by atoms with E-state index in [4.69, 9.17) is 0 Å². The zero-order valence-electron chi connectivity index (χ0n) is 11.1. The highest BCUT2D eigenvalue weighted by Gasteiger charge is 2.28. The Morgan fingerprint density at radius 1 is 1.33 bits per heavy atom. The summed E-state index contributed by atoms with van der Waals surface area (Å²) in [5, 5.41) is 6.25. The van der Waals surface area contributed by atoms with Crippen molar-refractivity contribution in [1.82, 2.24) is 9.97 Å². The Balaban J connectivity index is 2.14. The number of aromatic nitrogens is 2. The van der Waals surface area contributed by atoms with Crippen LogP contribution >= 0.6 is 0 Å². The number of rotatable bonds is 4. The van der Waals surface area contributed by atoms with Gasteiger partial charge in [-0.25, -0.2) is 9.37 Å².